The van der Waals surface area contributed by atoms with Crippen LogP contribution in [0.5, 0.6) is 5.75 Å². The van der Waals surface area contributed by atoms with E-state index >= 15 is 0 Å². The minimum Gasteiger partial charge on any atom is -0.479 e. The van der Waals surface area contributed by atoms with Crippen LogP contribution >= 0.6 is 0 Å². The number of carbonyl (C=O) groups excluding carboxylic acids is 1. The zero-order valence-electron chi connectivity index (χ0n) is 18.5. The minimum atomic E-state index is -0.652. The van der Waals surface area contributed by atoms with Gasteiger partial charge < -0.3 is 9.47 Å². The molecule has 0 radical (unpaired) electrons. The van der Waals surface area contributed by atoms with Crippen molar-refractivity contribution in [3.8, 4) is 28.3 Å². The third kappa shape index (κ3) is 6.38. The fourth-order valence-corrected chi connectivity index (χ4v) is 3.13. The molecule has 0 saturated heterocycles. The smallest absolute Gasteiger partial charge is 0.347 e. The second kappa shape index (κ2) is 11.3. The Kier molecular flexibility index (Phi) is 8.16. The molecule has 5 nitrogen and oxygen atoms in total. The second-order valence-corrected chi connectivity index (χ2v) is 7.55. The van der Waals surface area contributed by atoms with Crippen molar-refractivity contribution in [2.75, 3.05) is 6.61 Å². The molecule has 0 saturated carbocycles. The summed E-state index contributed by atoms with van der Waals surface area (Å²) in [5.41, 5.74) is 4.35. The van der Waals surface area contributed by atoms with Crippen molar-refractivity contribution in [1.82, 2.24) is 9.97 Å². The summed E-state index contributed by atoms with van der Waals surface area (Å²) < 4.78 is 10.8. The van der Waals surface area contributed by atoms with Gasteiger partial charge in [0.2, 0.25) is 0 Å². The van der Waals surface area contributed by atoms with E-state index in [0.29, 0.717) is 18.2 Å². The largest absolute Gasteiger partial charge is 0.479 e. The first-order valence-electron chi connectivity index (χ1n) is 11.0. The van der Waals surface area contributed by atoms with Crippen LogP contribution in [0.4, 0.5) is 0 Å². The summed E-state index contributed by atoms with van der Waals surface area (Å²) in [5, 5.41) is 0. The Morgan fingerprint density at radius 3 is 2.13 bits per heavy atom. The van der Waals surface area contributed by atoms with Gasteiger partial charge in [-0.25, -0.2) is 14.8 Å². The number of carbonyl (C=O) groups is 1. The van der Waals surface area contributed by atoms with Crippen molar-refractivity contribution in [1.29, 1.82) is 0 Å². The van der Waals surface area contributed by atoms with E-state index in [1.54, 1.807) is 6.92 Å². The summed E-state index contributed by atoms with van der Waals surface area (Å²) in [6, 6.07) is 16.0. The molecule has 162 valence electrons. The maximum absolute atomic E-state index is 11.8. The molecule has 1 aromatic heterocycles. The highest BCUT2D eigenvalue weighted by molar-refractivity contribution is 5.74. The predicted molar refractivity (Wildman–Crippen MR) is 123 cm³/mol. The molecule has 5 heteroatoms. The quantitative estimate of drug-likeness (QED) is 0.385. The molecular formula is C26H30N2O3. The van der Waals surface area contributed by atoms with Crippen molar-refractivity contribution < 1.29 is 14.3 Å². The normalized spacial score (nSPS) is 11.7. The Balaban J connectivity index is 1.62. The molecule has 1 heterocycles. The van der Waals surface area contributed by atoms with Crippen LogP contribution < -0.4 is 4.74 Å². The molecule has 0 N–H and O–H groups in total. The Morgan fingerprint density at radius 2 is 1.52 bits per heavy atom. The van der Waals surface area contributed by atoms with Crippen LogP contribution in [0.2, 0.25) is 0 Å². The second-order valence-electron chi connectivity index (χ2n) is 7.55. The van der Waals surface area contributed by atoms with E-state index in [1.165, 1.54) is 18.4 Å². The average molecular weight is 419 g/mol. The number of aryl methyl sites for hydroxylation is 1. The summed E-state index contributed by atoms with van der Waals surface area (Å²) in [6.45, 7) is 6.25. The maximum Gasteiger partial charge on any atom is 0.347 e. The number of hydrogen-bond acceptors (Lipinski definition) is 5. The number of rotatable bonds is 10. The predicted octanol–water partition coefficient (Wildman–Crippen LogP) is 5.87. The summed E-state index contributed by atoms with van der Waals surface area (Å²) in [4.78, 5) is 20.9. The van der Waals surface area contributed by atoms with Crippen LogP contribution in [-0.4, -0.2) is 28.6 Å². The zero-order valence-corrected chi connectivity index (χ0v) is 18.5. The molecule has 1 unspecified atom stereocenters. The van der Waals surface area contributed by atoms with Gasteiger partial charge in [-0.1, -0.05) is 44.5 Å². The first-order chi connectivity index (χ1) is 15.1. The molecule has 3 aromatic rings. The van der Waals surface area contributed by atoms with E-state index in [4.69, 9.17) is 9.47 Å². The highest BCUT2D eigenvalue weighted by atomic mass is 16.6. The van der Waals surface area contributed by atoms with Crippen LogP contribution in [0.1, 0.15) is 45.6 Å². The fraction of sp³-hybridized carbons (Fsp3) is 0.346. The lowest BCUT2D eigenvalue weighted by Crippen LogP contribution is -2.26. The number of hydrogen-bond donors (Lipinski definition) is 0. The SMILES string of the molecule is CCCCc1ccc(-c2cnc(-c3ccc(OC(C)C(=O)OCCC)cc3)nc2)cc1. The summed E-state index contributed by atoms with van der Waals surface area (Å²) >= 11 is 0. The molecule has 0 spiro atoms. The van der Waals surface area contributed by atoms with Crippen LogP contribution in [0.3, 0.4) is 0 Å². The average Bonchev–Trinajstić information content (AvgIpc) is 2.82. The third-order valence-electron chi connectivity index (χ3n) is 4.96. The van der Waals surface area contributed by atoms with Gasteiger partial charge >= 0.3 is 5.97 Å². The van der Waals surface area contributed by atoms with Crippen molar-refractivity contribution in [2.24, 2.45) is 0 Å². The lowest BCUT2D eigenvalue weighted by atomic mass is 10.0. The number of esters is 1. The van der Waals surface area contributed by atoms with Gasteiger partial charge in [0.25, 0.3) is 0 Å². The van der Waals surface area contributed by atoms with Crippen LogP contribution in [0.15, 0.2) is 60.9 Å². The Labute approximate surface area is 184 Å². The summed E-state index contributed by atoms with van der Waals surface area (Å²) in [6.07, 6.45) is 7.36. The topological polar surface area (TPSA) is 61.3 Å². The lowest BCUT2D eigenvalue weighted by Gasteiger charge is -2.14. The van der Waals surface area contributed by atoms with Crippen LogP contribution in [0, 0.1) is 0 Å². The first-order valence-corrected chi connectivity index (χ1v) is 11.0. The van der Waals surface area contributed by atoms with E-state index in [-0.39, 0.29) is 5.97 Å². The van der Waals surface area contributed by atoms with Crippen molar-refractivity contribution in [3.05, 3.63) is 66.5 Å². The van der Waals surface area contributed by atoms with Gasteiger partial charge in [0.15, 0.2) is 11.9 Å². The van der Waals surface area contributed by atoms with Gasteiger partial charge in [-0.05, 0) is 61.6 Å². The van der Waals surface area contributed by atoms with Crippen molar-refractivity contribution in [3.63, 3.8) is 0 Å². The van der Waals surface area contributed by atoms with Crippen molar-refractivity contribution in [2.45, 2.75) is 52.6 Å². The monoisotopic (exact) mass is 418 g/mol. The number of nitrogens with zero attached hydrogens (tertiary/aromatic N) is 2. The first kappa shape index (κ1) is 22.5. The minimum absolute atomic E-state index is 0.358. The molecule has 0 fully saturated rings. The van der Waals surface area contributed by atoms with E-state index in [2.05, 4.69) is 41.2 Å². The molecule has 3 rings (SSSR count). The highest BCUT2D eigenvalue weighted by Crippen LogP contribution is 2.23. The summed E-state index contributed by atoms with van der Waals surface area (Å²) in [5.74, 6) is 0.887. The molecule has 2 aromatic carbocycles. The molecule has 0 aliphatic heterocycles. The number of benzene rings is 2. The van der Waals surface area contributed by atoms with E-state index in [0.717, 1.165) is 29.5 Å². The van der Waals surface area contributed by atoms with Gasteiger partial charge in [-0.3, -0.25) is 0 Å². The molecule has 0 aliphatic rings. The van der Waals surface area contributed by atoms with Gasteiger partial charge in [0.05, 0.1) is 6.61 Å². The van der Waals surface area contributed by atoms with Gasteiger partial charge in [0, 0.05) is 23.5 Å². The van der Waals surface area contributed by atoms with E-state index in [1.807, 2.05) is 43.6 Å². The Hall–Kier alpha value is -3.21. The van der Waals surface area contributed by atoms with Crippen molar-refractivity contribution >= 4 is 5.97 Å². The van der Waals surface area contributed by atoms with Crippen LogP contribution in [-0.2, 0) is 16.0 Å². The van der Waals surface area contributed by atoms with Gasteiger partial charge in [-0.2, -0.15) is 0 Å². The van der Waals surface area contributed by atoms with Gasteiger partial charge in [-0.15, -0.1) is 0 Å². The maximum atomic E-state index is 11.8. The van der Waals surface area contributed by atoms with E-state index in [9.17, 15) is 4.79 Å². The molecule has 1 atom stereocenters. The molecular weight excluding hydrogens is 388 g/mol. The Morgan fingerprint density at radius 1 is 0.871 bits per heavy atom. The lowest BCUT2D eigenvalue weighted by molar-refractivity contribution is -0.151. The third-order valence-corrected chi connectivity index (χ3v) is 4.96. The zero-order chi connectivity index (χ0) is 22.1. The van der Waals surface area contributed by atoms with E-state index < -0.39 is 6.10 Å². The summed E-state index contributed by atoms with van der Waals surface area (Å²) in [7, 11) is 0. The van der Waals surface area contributed by atoms with Gasteiger partial charge in [0.1, 0.15) is 5.75 Å². The fourth-order valence-electron chi connectivity index (χ4n) is 3.13. The van der Waals surface area contributed by atoms with Crippen LogP contribution in [0.25, 0.3) is 22.5 Å². The molecule has 31 heavy (non-hydrogen) atoms. The number of aromatic nitrogens is 2. The standard InChI is InChI=1S/C26H30N2O3/c1-4-6-7-20-8-10-21(11-9-20)23-17-27-25(28-18-23)22-12-14-24(15-13-22)31-19(3)26(29)30-16-5-2/h8-15,17-19H,4-7,16H2,1-3H3. The molecule has 0 bridgehead atoms. The highest BCUT2D eigenvalue weighted by Gasteiger charge is 2.16. The number of ether oxygens (including phenoxy) is 2. The number of unbranched alkanes of at least 4 members (excludes halogenated alkanes) is 1. The molecule has 0 aliphatic carbocycles. The Bertz CT molecular complexity index is 951. The molecule has 0 amide bonds.